The highest BCUT2D eigenvalue weighted by atomic mass is 32.2. The van der Waals surface area contributed by atoms with E-state index in [9.17, 15) is 21.6 Å². The first-order chi connectivity index (χ1) is 16.1. The number of pyridine rings is 1. The first-order valence-electron chi connectivity index (χ1n) is 10.4. The monoisotopic (exact) mass is 499 g/mol. The van der Waals surface area contributed by atoms with E-state index >= 15 is 0 Å². The highest BCUT2D eigenvalue weighted by Crippen LogP contribution is 2.38. The zero-order chi connectivity index (χ0) is 24.1. The molecule has 0 bridgehead atoms. The molecule has 2 heterocycles. The number of hydrogen-bond acceptors (Lipinski definition) is 6. The molecule has 0 aliphatic heterocycles. The number of fused-ring (bicyclic) bond motifs is 1. The van der Waals surface area contributed by atoms with Gasteiger partial charge in [-0.05, 0) is 49.2 Å². The van der Waals surface area contributed by atoms with Crippen LogP contribution in [0, 0.1) is 0 Å². The van der Waals surface area contributed by atoms with E-state index in [1.54, 1.807) is 36.5 Å². The molecule has 0 amide bonds. The zero-order valence-corrected chi connectivity index (χ0v) is 19.7. The lowest BCUT2D eigenvalue weighted by molar-refractivity contribution is 0.484. The Labute approximate surface area is 195 Å². The second-order valence-corrected chi connectivity index (χ2v) is 12.2. The molecule has 34 heavy (non-hydrogen) atoms. The number of benzene rings is 2. The topological polar surface area (TPSA) is 138 Å². The van der Waals surface area contributed by atoms with Crippen LogP contribution in [0.4, 0.5) is 5.69 Å². The van der Waals surface area contributed by atoms with Crippen LogP contribution >= 0.6 is 0 Å². The molecule has 0 spiro atoms. The average Bonchev–Trinajstić information content (AvgIpc) is 3.52. The summed E-state index contributed by atoms with van der Waals surface area (Å²) in [5.41, 5.74) is 1.44. The van der Waals surface area contributed by atoms with Crippen molar-refractivity contribution in [3.05, 3.63) is 71.3 Å². The predicted octanol–water partition coefficient (Wildman–Crippen LogP) is 3.62. The summed E-state index contributed by atoms with van der Waals surface area (Å²) in [7, 11) is -6.95. The lowest BCUT2D eigenvalue weighted by Gasteiger charge is -2.15. The molecular formula is C23H21N3O6S2. The van der Waals surface area contributed by atoms with Gasteiger partial charge in [-0.25, -0.2) is 16.8 Å². The fraction of sp³-hybridized carbons (Fsp3) is 0.174. The molecule has 1 saturated carbocycles. The van der Waals surface area contributed by atoms with Crippen LogP contribution in [0.25, 0.3) is 22.0 Å². The van der Waals surface area contributed by atoms with Crippen molar-refractivity contribution in [1.29, 1.82) is 0 Å². The molecule has 4 aromatic rings. The minimum absolute atomic E-state index is 0.0932. The van der Waals surface area contributed by atoms with Crippen LogP contribution in [-0.4, -0.2) is 38.3 Å². The maximum Gasteiger partial charge on any atom is 0.272 e. The number of sulfonamides is 1. The molecule has 1 aliphatic rings. The number of nitrogens with one attached hydrogen (secondary N) is 3. The molecule has 5 rings (SSSR count). The Morgan fingerprint density at radius 3 is 2.50 bits per heavy atom. The maximum atomic E-state index is 12.3. The third-order valence-corrected chi connectivity index (χ3v) is 8.55. The van der Waals surface area contributed by atoms with Crippen molar-refractivity contribution in [3.8, 4) is 22.6 Å². The first-order valence-corrected chi connectivity index (χ1v) is 13.9. The molecule has 9 nitrogen and oxygen atoms in total. The van der Waals surface area contributed by atoms with Crippen LogP contribution < -0.4 is 15.0 Å². The van der Waals surface area contributed by atoms with Crippen LogP contribution in [0.2, 0.25) is 0 Å². The van der Waals surface area contributed by atoms with E-state index in [1.165, 1.54) is 24.4 Å². The van der Waals surface area contributed by atoms with Crippen LogP contribution in [-0.2, 0) is 19.9 Å². The summed E-state index contributed by atoms with van der Waals surface area (Å²) in [5.74, 6) is 0.697. The van der Waals surface area contributed by atoms with E-state index in [-0.39, 0.29) is 15.7 Å². The van der Waals surface area contributed by atoms with Crippen molar-refractivity contribution in [2.45, 2.75) is 23.0 Å². The largest absolute Gasteiger partial charge is 0.457 e. The zero-order valence-electron chi connectivity index (χ0n) is 18.0. The minimum atomic E-state index is -3.51. The molecule has 1 fully saturated rings. The van der Waals surface area contributed by atoms with Gasteiger partial charge in [0.2, 0.25) is 10.0 Å². The van der Waals surface area contributed by atoms with Gasteiger partial charge >= 0.3 is 0 Å². The smallest absolute Gasteiger partial charge is 0.272 e. The van der Waals surface area contributed by atoms with Crippen LogP contribution in [0.5, 0.6) is 11.5 Å². The van der Waals surface area contributed by atoms with E-state index in [2.05, 4.69) is 14.7 Å². The fourth-order valence-corrected chi connectivity index (χ4v) is 5.73. The number of aromatic amines is 2. The van der Waals surface area contributed by atoms with Crippen molar-refractivity contribution in [2.24, 2.45) is 0 Å². The minimum Gasteiger partial charge on any atom is -0.457 e. The van der Waals surface area contributed by atoms with Crippen LogP contribution in [0.15, 0.2) is 70.6 Å². The van der Waals surface area contributed by atoms with Crippen LogP contribution in [0.1, 0.15) is 12.8 Å². The van der Waals surface area contributed by atoms with Gasteiger partial charge in [-0.15, -0.1) is 0 Å². The Kier molecular flexibility index (Phi) is 5.25. The number of ether oxygens (including phenoxy) is 1. The van der Waals surface area contributed by atoms with E-state index < -0.39 is 19.9 Å². The van der Waals surface area contributed by atoms with Gasteiger partial charge in [0.05, 0.1) is 15.8 Å². The third-order valence-electron chi connectivity index (χ3n) is 5.57. The molecule has 0 saturated heterocycles. The van der Waals surface area contributed by atoms with Gasteiger partial charge in [0.1, 0.15) is 17.0 Å². The Morgan fingerprint density at radius 1 is 0.971 bits per heavy atom. The van der Waals surface area contributed by atoms with Gasteiger partial charge in [-0.2, -0.15) is 0 Å². The third kappa shape index (κ3) is 4.31. The number of rotatable bonds is 7. The van der Waals surface area contributed by atoms with Gasteiger partial charge in [-0.1, -0.05) is 6.07 Å². The van der Waals surface area contributed by atoms with Gasteiger partial charge < -0.3 is 14.7 Å². The molecule has 2 aromatic heterocycles. The summed E-state index contributed by atoms with van der Waals surface area (Å²) in [6, 6.07) is 12.7. The fourth-order valence-electron chi connectivity index (χ4n) is 3.71. The molecule has 3 N–H and O–H groups in total. The summed E-state index contributed by atoms with van der Waals surface area (Å²) >= 11 is 0. The maximum absolute atomic E-state index is 12.3. The summed E-state index contributed by atoms with van der Waals surface area (Å²) in [4.78, 5) is 17.8. The van der Waals surface area contributed by atoms with Crippen molar-refractivity contribution in [2.75, 3.05) is 11.0 Å². The Morgan fingerprint density at radius 2 is 1.76 bits per heavy atom. The van der Waals surface area contributed by atoms with E-state index in [0.717, 1.165) is 6.26 Å². The Bertz CT molecular complexity index is 1680. The SMILES string of the molecule is CS(=O)(=O)c1ccc(Oc2cccc(NS(=O)(=O)C3CC3)c2)c(-c2c[nH]c(=O)c3[nH]ccc23)c1. The molecule has 0 atom stereocenters. The highest BCUT2D eigenvalue weighted by molar-refractivity contribution is 7.93. The quantitative estimate of drug-likeness (QED) is 0.355. The number of anilines is 1. The van der Waals surface area contributed by atoms with Crippen molar-refractivity contribution < 1.29 is 21.6 Å². The summed E-state index contributed by atoms with van der Waals surface area (Å²) in [6.45, 7) is 0. The molecule has 1 aliphatic carbocycles. The number of H-pyrrole nitrogens is 2. The van der Waals surface area contributed by atoms with Gasteiger partial charge in [-0.3, -0.25) is 9.52 Å². The van der Waals surface area contributed by atoms with E-state index in [0.29, 0.717) is 52.1 Å². The predicted molar refractivity (Wildman–Crippen MR) is 130 cm³/mol. The first kappa shape index (κ1) is 22.2. The summed E-state index contributed by atoms with van der Waals surface area (Å²) in [6.07, 6.45) is 5.54. The van der Waals surface area contributed by atoms with E-state index in [1.807, 2.05) is 0 Å². The molecule has 2 aromatic carbocycles. The summed E-state index contributed by atoms with van der Waals surface area (Å²) in [5, 5.41) is 0.237. The van der Waals surface area contributed by atoms with E-state index in [4.69, 9.17) is 4.74 Å². The van der Waals surface area contributed by atoms with Crippen molar-refractivity contribution in [3.63, 3.8) is 0 Å². The highest BCUT2D eigenvalue weighted by Gasteiger charge is 2.35. The Balaban J connectivity index is 1.58. The molecule has 0 unspecified atom stereocenters. The normalized spacial score (nSPS) is 14.3. The number of sulfone groups is 1. The molecule has 176 valence electrons. The lowest BCUT2D eigenvalue weighted by Crippen LogP contribution is -2.17. The molecular weight excluding hydrogens is 478 g/mol. The second-order valence-electron chi connectivity index (χ2n) is 8.20. The van der Waals surface area contributed by atoms with Gasteiger partial charge in [0.25, 0.3) is 5.56 Å². The average molecular weight is 500 g/mol. The second kappa shape index (κ2) is 8.03. The molecule has 11 heteroatoms. The number of aromatic nitrogens is 2. The summed E-state index contributed by atoms with van der Waals surface area (Å²) < 4.78 is 57.7. The number of hydrogen-bond donors (Lipinski definition) is 3. The molecule has 0 radical (unpaired) electrons. The standard InChI is InChI=1S/C23H21N3O6S2/c1-33(28,29)17-7-8-21(19(12-17)20-13-25-23(27)22-18(20)9-10-24-22)32-15-4-2-3-14(11-15)26-34(30,31)16-5-6-16/h2-4,7-13,16,24,26H,5-6H2,1H3,(H,25,27). The van der Waals surface area contributed by atoms with Crippen LogP contribution in [0.3, 0.4) is 0 Å². The van der Waals surface area contributed by atoms with Crippen molar-refractivity contribution >= 4 is 36.5 Å². The van der Waals surface area contributed by atoms with Gasteiger partial charge in [0.15, 0.2) is 9.84 Å². The van der Waals surface area contributed by atoms with Crippen molar-refractivity contribution in [1.82, 2.24) is 9.97 Å². The lowest BCUT2D eigenvalue weighted by atomic mass is 10.0. The van der Waals surface area contributed by atoms with Gasteiger partial charge in [0, 0.05) is 41.2 Å². The Hall–Kier alpha value is -3.57.